The highest BCUT2D eigenvalue weighted by Gasteiger charge is 2.37. The molecular formula is C16H24IN. The molecule has 100 valence electrons. The lowest BCUT2D eigenvalue weighted by atomic mass is 9.63. The standard InChI is InChI=1S/C16H24IN/c1-15(2)7-8-16(3,4)12-10-14(18(5)6)13(17)9-11(12)15/h9-10H,7-8H2,1-6H3. The van der Waals surface area contributed by atoms with E-state index in [0.717, 1.165) is 0 Å². The van der Waals surface area contributed by atoms with Crippen molar-refractivity contribution in [1.29, 1.82) is 0 Å². The molecule has 2 rings (SSSR count). The van der Waals surface area contributed by atoms with Gasteiger partial charge < -0.3 is 4.90 Å². The summed E-state index contributed by atoms with van der Waals surface area (Å²) in [5.74, 6) is 0. The lowest BCUT2D eigenvalue weighted by Gasteiger charge is -2.42. The van der Waals surface area contributed by atoms with E-state index in [-0.39, 0.29) is 0 Å². The van der Waals surface area contributed by atoms with Crippen molar-refractivity contribution in [3.8, 4) is 0 Å². The molecule has 1 aliphatic rings. The SMILES string of the molecule is CN(C)c1cc2c(cc1I)C(C)(C)CCC2(C)C. The number of hydrogen-bond donors (Lipinski definition) is 0. The Balaban J connectivity index is 2.69. The monoisotopic (exact) mass is 357 g/mol. The van der Waals surface area contributed by atoms with Crippen LogP contribution in [0.4, 0.5) is 5.69 Å². The van der Waals surface area contributed by atoms with E-state index < -0.39 is 0 Å². The van der Waals surface area contributed by atoms with Gasteiger partial charge in [0.2, 0.25) is 0 Å². The average molecular weight is 357 g/mol. The number of nitrogens with zero attached hydrogens (tertiary/aromatic N) is 1. The van der Waals surface area contributed by atoms with Crippen molar-refractivity contribution in [1.82, 2.24) is 0 Å². The van der Waals surface area contributed by atoms with Crippen LogP contribution in [0.5, 0.6) is 0 Å². The van der Waals surface area contributed by atoms with Crippen LogP contribution in [0.3, 0.4) is 0 Å². The summed E-state index contributed by atoms with van der Waals surface area (Å²) in [6, 6.07) is 4.82. The minimum absolute atomic E-state index is 0.306. The van der Waals surface area contributed by atoms with Gasteiger partial charge in [0.05, 0.1) is 0 Å². The van der Waals surface area contributed by atoms with Crippen molar-refractivity contribution in [2.45, 2.75) is 51.4 Å². The number of anilines is 1. The van der Waals surface area contributed by atoms with E-state index in [4.69, 9.17) is 0 Å². The fraction of sp³-hybridized carbons (Fsp3) is 0.625. The van der Waals surface area contributed by atoms with E-state index in [2.05, 4.69) is 81.4 Å². The van der Waals surface area contributed by atoms with E-state index in [0.29, 0.717) is 10.8 Å². The molecule has 0 radical (unpaired) electrons. The highest BCUT2D eigenvalue weighted by Crippen LogP contribution is 2.47. The lowest BCUT2D eigenvalue weighted by Crippen LogP contribution is -2.34. The van der Waals surface area contributed by atoms with Crippen LogP contribution >= 0.6 is 22.6 Å². The number of benzene rings is 1. The molecule has 0 amide bonds. The topological polar surface area (TPSA) is 3.24 Å². The van der Waals surface area contributed by atoms with Gasteiger partial charge in [0.15, 0.2) is 0 Å². The van der Waals surface area contributed by atoms with Gasteiger partial charge in [-0.15, -0.1) is 0 Å². The predicted molar refractivity (Wildman–Crippen MR) is 88.8 cm³/mol. The third-order valence-electron chi connectivity index (χ3n) is 4.40. The Bertz CT molecular complexity index is 472. The molecule has 1 aromatic rings. The maximum atomic E-state index is 2.47. The van der Waals surface area contributed by atoms with Gasteiger partial charge in [0, 0.05) is 23.4 Å². The fourth-order valence-corrected chi connectivity index (χ4v) is 3.87. The van der Waals surface area contributed by atoms with Gasteiger partial charge in [0.25, 0.3) is 0 Å². The molecule has 1 nitrogen and oxygen atoms in total. The molecule has 0 bridgehead atoms. The molecule has 18 heavy (non-hydrogen) atoms. The summed E-state index contributed by atoms with van der Waals surface area (Å²) in [7, 11) is 4.26. The maximum Gasteiger partial charge on any atom is 0.0499 e. The summed E-state index contributed by atoms with van der Waals surface area (Å²) in [5.41, 5.74) is 5.06. The highest BCUT2D eigenvalue weighted by atomic mass is 127. The molecule has 0 spiro atoms. The maximum absolute atomic E-state index is 2.47. The van der Waals surface area contributed by atoms with Crippen LogP contribution < -0.4 is 4.90 Å². The third-order valence-corrected chi connectivity index (χ3v) is 5.27. The molecule has 0 heterocycles. The van der Waals surface area contributed by atoms with Crippen molar-refractivity contribution in [2.75, 3.05) is 19.0 Å². The molecule has 0 fully saturated rings. The van der Waals surface area contributed by atoms with Gasteiger partial charge in [0.1, 0.15) is 0 Å². The zero-order valence-electron chi connectivity index (χ0n) is 12.4. The highest BCUT2D eigenvalue weighted by molar-refractivity contribution is 14.1. The molecule has 0 N–H and O–H groups in total. The van der Waals surface area contributed by atoms with E-state index in [1.54, 1.807) is 11.1 Å². The zero-order chi connectivity index (χ0) is 13.7. The lowest BCUT2D eigenvalue weighted by molar-refractivity contribution is 0.332. The Hall–Kier alpha value is -0.250. The largest absolute Gasteiger partial charge is 0.377 e. The second-order valence-corrected chi connectivity index (χ2v) is 8.17. The number of rotatable bonds is 1. The number of halogens is 1. The molecular weight excluding hydrogens is 333 g/mol. The molecule has 0 aliphatic heterocycles. The Morgan fingerprint density at radius 3 is 1.83 bits per heavy atom. The Morgan fingerprint density at radius 1 is 0.944 bits per heavy atom. The molecule has 1 aromatic carbocycles. The summed E-state index contributed by atoms with van der Waals surface area (Å²) in [6.45, 7) is 9.53. The Labute approximate surface area is 125 Å². The predicted octanol–water partition coefficient (Wildman–Crippen LogP) is 4.71. The summed E-state index contributed by atoms with van der Waals surface area (Å²) in [5, 5.41) is 0. The van der Waals surface area contributed by atoms with Crippen LogP contribution in [-0.2, 0) is 10.8 Å². The summed E-state index contributed by atoms with van der Waals surface area (Å²) >= 11 is 2.47. The van der Waals surface area contributed by atoms with Gasteiger partial charge in [-0.25, -0.2) is 0 Å². The second-order valence-electron chi connectivity index (χ2n) is 7.01. The smallest absolute Gasteiger partial charge is 0.0499 e. The Morgan fingerprint density at radius 2 is 1.39 bits per heavy atom. The molecule has 0 unspecified atom stereocenters. The van der Waals surface area contributed by atoms with Gasteiger partial charge in [-0.05, 0) is 69.5 Å². The summed E-state index contributed by atoms with van der Waals surface area (Å²) in [6.07, 6.45) is 2.56. The normalized spacial score (nSPS) is 20.4. The first-order valence-electron chi connectivity index (χ1n) is 6.67. The first-order valence-corrected chi connectivity index (χ1v) is 7.75. The second kappa shape index (κ2) is 4.39. The molecule has 0 saturated carbocycles. The quantitative estimate of drug-likeness (QED) is 0.658. The van der Waals surface area contributed by atoms with E-state index in [1.165, 1.54) is 22.1 Å². The average Bonchev–Trinajstić information content (AvgIpc) is 2.24. The van der Waals surface area contributed by atoms with Gasteiger partial charge in [-0.2, -0.15) is 0 Å². The van der Waals surface area contributed by atoms with Crippen molar-refractivity contribution >= 4 is 28.3 Å². The van der Waals surface area contributed by atoms with Crippen LogP contribution in [0.15, 0.2) is 12.1 Å². The van der Waals surface area contributed by atoms with E-state index in [9.17, 15) is 0 Å². The number of fused-ring (bicyclic) bond motifs is 1. The fourth-order valence-electron chi connectivity index (χ4n) is 2.92. The van der Waals surface area contributed by atoms with Gasteiger partial charge in [-0.1, -0.05) is 27.7 Å². The molecule has 1 aliphatic carbocycles. The Kier molecular flexibility index (Phi) is 3.46. The van der Waals surface area contributed by atoms with Crippen LogP contribution in [0.25, 0.3) is 0 Å². The summed E-state index contributed by atoms with van der Waals surface area (Å²) in [4.78, 5) is 2.22. The molecule has 0 saturated heterocycles. The van der Waals surface area contributed by atoms with Crippen molar-refractivity contribution < 1.29 is 0 Å². The minimum Gasteiger partial charge on any atom is -0.377 e. The van der Waals surface area contributed by atoms with E-state index >= 15 is 0 Å². The molecule has 0 aromatic heterocycles. The van der Waals surface area contributed by atoms with Gasteiger partial charge in [-0.3, -0.25) is 0 Å². The van der Waals surface area contributed by atoms with Crippen LogP contribution in [0.2, 0.25) is 0 Å². The number of hydrogen-bond acceptors (Lipinski definition) is 1. The van der Waals surface area contributed by atoms with E-state index in [1.807, 2.05) is 0 Å². The van der Waals surface area contributed by atoms with Crippen LogP contribution in [0.1, 0.15) is 51.7 Å². The first kappa shape index (κ1) is 14.2. The first-order chi connectivity index (χ1) is 8.15. The van der Waals surface area contributed by atoms with Crippen LogP contribution in [0, 0.1) is 3.57 Å². The van der Waals surface area contributed by atoms with Crippen molar-refractivity contribution in [3.05, 3.63) is 26.8 Å². The molecule has 2 heteroatoms. The van der Waals surface area contributed by atoms with Crippen molar-refractivity contribution in [2.24, 2.45) is 0 Å². The summed E-state index contributed by atoms with van der Waals surface area (Å²) < 4.78 is 1.36. The zero-order valence-corrected chi connectivity index (χ0v) is 14.6. The van der Waals surface area contributed by atoms with Crippen LogP contribution in [-0.4, -0.2) is 14.1 Å². The molecule has 0 atom stereocenters. The van der Waals surface area contributed by atoms with Gasteiger partial charge >= 0.3 is 0 Å². The minimum atomic E-state index is 0.306. The third kappa shape index (κ3) is 2.28. The van der Waals surface area contributed by atoms with Crippen molar-refractivity contribution in [3.63, 3.8) is 0 Å².